The number of amides is 1. The summed E-state index contributed by atoms with van der Waals surface area (Å²) in [5, 5.41) is 22.8. The maximum absolute atomic E-state index is 12.9. The maximum Gasteiger partial charge on any atom is 0.235 e. The van der Waals surface area contributed by atoms with E-state index < -0.39 is 0 Å². The summed E-state index contributed by atoms with van der Waals surface area (Å²) in [6.07, 6.45) is 6.41. The van der Waals surface area contributed by atoms with E-state index in [0.717, 1.165) is 41.8 Å². The summed E-state index contributed by atoms with van der Waals surface area (Å²) in [6.45, 7) is 2.82. The lowest BCUT2D eigenvalue weighted by atomic mass is 9.89. The minimum atomic E-state index is -0.155. The zero-order valence-corrected chi connectivity index (χ0v) is 20.9. The second-order valence-electron chi connectivity index (χ2n) is 8.62. The predicted molar refractivity (Wildman–Crippen MR) is 138 cm³/mol. The van der Waals surface area contributed by atoms with Crippen molar-refractivity contribution in [3.8, 4) is 17.5 Å². The van der Waals surface area contributed by atoms with E-state index in [2.05, 4.69) is 45.6 Å². The van der Waals surface area contributed by atoms with Gasteiger partial charge in [0, 0.05) is 22.8 Å². The Balaban J connectivity index is 1.34. The lowest BCUT2D eigenvalue weighted by Crippen LogP contribution is -2.15. The van der Waals surface area contributed by atoms with E-state index in [0.29, 0.717) is 28.2 Å². The molecule has 176 valence electrons. The van der Waals surface area contributed by atoms with Crippen molar-refractivity contribution in [1.29, 1.82) is 5.26 Å². The summed E-state index contributed by atoms with van der Waals surface area (Å²) in [7, 11) is 0. The number of thioether (sulfide) groups is 1. The second kappa shape index (κ2) is 10.4. The SMILES string of the molecule is C[C@@H]1CCc2c(sc(NC(=O)CSc3nnc(-c4ccncc4)n3Cc3ccccc3)c2C#N)C1. The van der Waals surface area contributed by atoms with Gasteiger partial charge < -0.3 is 5.32 Å². The number of benzene rings is 1. The number of hydrogen-bond acceptors (Lipinski definition) is 7. The quantitative estimate of drug-likeness (QED) is 0.351. The average Bonchev–Trinajstić information content (AvgIpc) is 3.43. The van der Waals surface area contributed by atoms with Crippen molar-refractivity contribution in [2.24, 2.45) is 5.92 Å². The molecule has 0 fully saturated rings. The molecule has 1 aliphatic carbocycles. The van der Waals surface area contributed by atoms with E-state index in [1.165, 1.54) is 16.6 Å². The first-order chi connectivity index (χ1) is 17.1. The van der Waals surface area contributed by atoms with Crippen LogP contribution in [0, 0.1) is 17.2 Å². The number of carbonyl (C=O) groups is 1. The molecule has 35 heavy (non-hydrogen) atoms. The molecule has 0 aliphatic heterocycles. The van der Waals surface area contributed by atoms with E-state index in [4.69, 9.17) is 0 Å². The number of nitriles is 1. The molecule has 3 heterocycles. The highest BCUT2D eigenvalue weighted by molar-refractivity contribution is 7.99. The monoisotopic (exact) mass is 500 g/mol. The van der Waals surface area contributed by atoms with Gasteiger partial charge in [0.15, 0.2) is 11.0 Å². The van der Waals surface area contributed by atoms with Crippen LogP contribution in [0.15, 0.2) is 60.0 Å². The Kier molecular flexibility index (Phi) is 6.93. The lowest BCUT2D eigenvalue weighted by Gasteiger charge is -2.17. The minimum Gasteiger partial charge on any atom is -0.316 e. The van der Waals surface area contributed by atoms with E-state index in [1.807, 2.05) is 34.9 Å². The zero-order chi connectivity index (χ0) is 24.2. The first kappa shape index (κ1) is 23.3. The number of aromatic nitrogens is 4. The summed E-state index contributed by atoms with van der Waals surface area (Å²) in [4.78, 5) is 18.2. The molecule has 1 N–H and O–H groups in total. The summed E-state index contributed by atoms with van der Waals surface area (Å²) < 4.78 is 2.02. The van der Waals surface area contributed by atoms with Crippen molar-refractivity contribution in [2.45, 2.75) is 37.9 Å². The fourth-order valence-electron chi connectivity index (χ4n) is 4.27. The fourth-order valence-corrected chi connectivity index (χ4v) is 6.38. The molecule has 1 aromatic carbocycles. The third-order valence-electron chi connectivity index (χ3n) is 6.05. The summed E-state index contributed by atoms with van der Waals surface area (Å²) in [6, 6.07) is 16.2. The van der Waals surface area contributed by atoms with E-state index in [1.54, 1.807) is 23.7 Å². The van der Waals surface area contributed by atoms with Crippen molar-refractivity contribution >= 4 is 34.0 Å². The van der Waals surface area contributed by atoms with Crippen LogP contribution >= 0.6 is 23.1 Å². The summed E-state index contributed by atoms with van der Waals surface area (Å²) >= 11 is 2.89. The highest BCUT2D eigenvalue weighted by atomic mass is 32.2. The van der Waals surface area contributed by atoms with Crippen LogP contribution in [0.25, 0.3) is 11.4 Å². The molecular formula is C26H24N6OS2. The highest BCUT2D eigenvalue weighted by Crippen LogP contribution is 2.39. The molecular weight excluding hydrogens is 476 g/mol. The largest absolute Gasteiger partial charge is 0.316 e. The van der Waals surface area contributed by atoms with E-state index in [-0.39, 0.29) is 11.7 Å². The standard InChI is InChI=1S/C26H24N6OS2/c1-17-7-8-20-21(14-27)25(35-22(20)13-17)29-23(33)16-34-26-31-30-24(19-9-11-28-12-10-19)32(26)15-18-5-3-2-4-6-18/h2-6,9-12,17H,7-8,13,15-16H2,1H3,(H,29,33)/t17-/m1/s1. The van der Waals surface area contributed by atoms with Gasteiger partial charge in [-0.25, -0.2) is 0 Å². The number of fused-ring (bicyclic) bond motifs is 1. The smallest absolute Gasteiger partial charge is 0.235 e. The second-order valence-corrected chi connectivity index (χ2v) is 10.7. The van der Waals surface area contributed by atoms with Crippen LogP contribution in [0.1, 0.15) is 34.9 Å². The van der Waals surface area contributed by atoms with Crippen molar-refractivity contribution in [2.75, 3.05) is 11.1 Å². The van der Waals surface area contributed by atoms with Gasteiger partial charge in [-0.15, -0.1) is 21.5 Å². The Bertz CT molecular complexity index is 1370. The minimum absolute atomic E-state index is 0.155. The molecule has 0 bridgehead atoms. The first-order valence-electron chi connectivity index (χ1n) is 11.5. The molecule has 9 heteroatoms. The fraction of sp³-hybridized carbons (Fsp3) is 0.269. The Morgan fingerprint density at radius 1 is 1.23 bits per heavy atom. The Morgan fingerprint density at radius 3 is 2.80 bits per heavy atom. The maximum atomic E-state index is 12.9. The predicted octanol–water partition coefficient (Wildman–Crippen LogP) is 5.18. The van der Waals surface area contributed by atoms with Gasteiger partial charge >= 0.3 is 0 Å². The molecule has 4 aromatic rings. The number of thiophene rings is 1. The van der Waals surface area contributed by atoms with Crippen molar-refractivity contribution in [3.05, 3.63) is 76.4 Å². The number of pyridine rings is 1. The Hall–Kier alpha value is -3.48. The van der Waals surface area contributed by atoms with Crippen LogP contribution in [0.3, 0.4) is 0 Å². The topological polar surface area (TPSA) is 96.5 Å². The van der Waals surface area contributed by atoms with Crippen LogP contribution in [0.4, 0.5) is 5.00 Å². The van der Waals surface area contributed by atoms with Crippen LogP contribution in [0.5, 0.6) is 0 Å². The normalized spacial score (nSPS) is 14.8. The molecule has 0 unspecified atom stereocenters. The van der Waals surface area contributed by atoms with Gasteiger partial charge in [-0.05, 0) is 48.4 Å². The van der Waals surface area contributed by atoms with Crippen LogP contribution in [0.2, 0.25) is 0 Å². The number of anilines is 1. The highest BCUT2D eigenvalue weighted by Gasteiger charge is 2.25. The summed E-state index contributed by atoms with van der Waals surface area (Å²) in [5.74, 6) is 1.36. The van der Waals surface area contributed by atoms with Crippen molar-refractivity contribution in [1.82, 2.24) is 19.7 Å². The molecule has 0 saturated heterocycles. The van der Waals surface area contributed by atoms with Gasteiger partial charge in [-0.1, -0.05) is 49.0 Å². The third-order valence-corrected chi connectivity index (χ3v) is 8.18. The van der Waals surface area contributed by atoms with Gasteiger partial charge in [-0.2, -0.15) is 5.26 Å². The Morgan fingerprint density at radius 2 is 2.03 bits per heavy atom. The van der Waals surface area contributed by atoms with Crippen molar-refractivity contribution < 1.29 is 4.79 Å². The zero-order valence-electron chi connectivity index (χ0n) is 19.3. The molecule has 5 rings (SSSR count). The molecule has 1 amide bonds. The third kappa shape index (κ3) is 5.14. The van der Waals surface area contributed by atoms with Gasteiger partial charge in [0.05, 0.1) is 17.9 Å². The van der Waals surface area contributed by atoms with Crippen LogP contribution in [-0.4, -0.2) is 31.4 Å². The number of hydrogen-bond donors (Lipinski definition) is 1. The van der Waals surface area contributed by atoms with Gasteiger partial charge in [0.1, 0.15) is 11.1 Å². The number of nitrogens with one attached hydrogen (secondary N) is 1. The number of carbonyl (C=O) groups excluding carboxylic acids is 1. The number of rotatable bonds is 7. The molecule has 1 atom stereocenters. The molecule has 1 aliphatic rings. The van der Waals surface area contributed by atoms with Crippen molar-refractivity contribution in [3.63, 3.8) is 0 Å². The molecule has 0 radical (unpaired) electrons. The first-order valence-corrected chi connectivity index (χ1v) is 13.3. The molecule has 0 spiro atoms. The van der Waals surface area contributed by atoms with E-state index >= 15 is 0 Å². The van der Waals surface area contributed by atoms with Gasteiger partial charge in [0.25, 0.3) is 0 Å². The van der Waals surface area contributed by atoms with Crippen LogP contribution < -0.4 is 5.32 Å². The lowest BCUT2D eigenvalue weighted by molar-refractivity contribution is -0.113. The summed E-state index contributed by atoms with van der Waals surface area (Å²) in [5.41, 5.74) is 3.77. The molecule has 7 nitrogen and oxygen atoms in total. The van der Waals surface area contributed by atoms with E-state index in [9.17, 15) is 10.1 Å². The van der Waals surface area contributed by atoms with Gasteiger partial charge in [0.2, 0.25) is 5.91 Å². The average molecular weight is 501 g/mol. The van der Waals surface area contributed by atoms with Gasteiger partial charge in [-0.3, -0.25) is 14.3 Å². The molecule has 3 aromatic heterocycles. The van der Waals surface area contributed by atoms with Crippen LogP contribution in [-0.2, 0) is 24.2 Å². The Labute approximate surface area is 212 Å². The molecule has 0 saturated carbocycles. The number of nitrogens with zero attached hydrogens (tertiary/aromatic N) is 5.